The van der Waals surface area contributed by atoms with Crippen molar-refractivity contribution in [2.24, 2.45) is 5.41 Å². The number of amides is 1. The molecule has 0 saturated carbocycles. The number of ether oxygens (including phenoxy) is 1. The number of fused-ring (bicyclic) bond motifs is 2. The number of nitrogens with zero attached hydrogens (tertiary/aromatic N) is 1. The van der Waals surface area contributed by atoms with E-state index in [-0.39, 0.29) is 34.2 Å². The van der Waals surface area contributed by atoms with Crippen molar-refractivity contribution in [2.45, 2.75) is 57.2 Å². The molecule has 260 valence electrons. The second-order valence-corrected chi connectivity index (χ2v) is 15.1. The van der Waals surface area contributed by atoms with E-state index in [1.807, 2.05) is 54.6 Å². The highest BCUT2D eigenvalue weighted by atomic mass is 35.5. The van der Waals surface area contributed by atoms with Gasteiger partial charge in [0.15, 0.2) is 0 Å². The third kappa shape index (κ3) is 6.77. The molecule has 50 heavy (non-hydrogen) atoms. The first-order chi connectivity index (χ1) is 23.7. The molecule has 1 saturated heterocycles. The third-order valence-corrected chi connectivity index (χ3v) is 10.2. The van der Waals surface area contributed by atoms with Gasteiger partial charge in [0.05, 0.1) is 30.0 Å². The number of carbonyl (C=O) groups is 3. The van der Waals surface area contributed by atoms with Crippen LogP contribution in [0, 0.1) is 5.41 Å². The number of carbonyl (C=O) groups excluding carboxylic acids is 1. The Bertz CT molecular complexity index is 1960. The molecule has 2 heterocycles. The minimum absolute atomic E-state index is 0.0389. The van der Waals surface area contributed by atoms with E-state index in [2.05, 4.69) is 36.3 Å². The number of hydrogen-bond donors (Lipinski definition) is 4. The zero-order chi connectivity index (χ0) is 36.0. The van der Waals surface area contributed by atoms with Gasteiger partial charge in [-0.2, -0.15) is 0 Å². The van der Waals surface area contributed by atoms with Gasteiger partial charge in [-0.3, -0.25) is 4.79 Å². The molecule has 1 fully saturated rings. The van der Waals surface area contributed by atoms with Gasteiger partial charge in [-0.15, -0.1) is 0 Å². The lowest BCUT2D eigenvalue weighted by atomic mass is 9.63. The van der Waals surface area contributed by atoms with Crippen molar-refractivity contribution >= 4 is 52.4 Å². The molecule has 1 amide bonds. The van der Waals surface area contributed by atoms with Gasteiger partial charge >= 0.3 is 11.9 Å². The summed E-state index contributed by atoms with van der Waals surface area (Å²) in [7, 11) is 1.43. The molecule has 4 aromatic rings. The Labute approximate surface area is 301 Å². The van der Waals surface area contributed by atoms with E-state index in [9.17, 15) is 24.6 Å². The molecule has 6 rings (SSSR count). The quantitative estimate of drug-likeness (QED) is 0.138. The van der Waals surface area contributed by atoms with Gasteiger partial charge < -0.3 is 30.5 Å². The van der Waals surface area contributed by atoms with Gasteiger partial charge in [0.25, 0.3) is 0 Å². The van der Waals surface area contributed by atoms with E-state index in [0.717, 1.165) is 28.8 Å². The highest BCUT2D eigenvalue weighted by molar-refractivity contribution is 6.31. The van der Waals surface area contributed by atoms with Crippen LogP contribution in [0.25, 0.3) is 0 Å². The molecule has 4 aromatic carbocycles. The molecule has 1 unspecified atom stereocenters. The fourth-order valence-corrected chi connectivity index (χ4v) is 8.08. The van der Waals surface area contributed by atoms with Crippen LogP contribution in [0.15, 0.2) is 84.9 Å². The summed E-state index contributed by atoms with van der Waals surface area (Å²) in [6, 6.07) is 23.8. The molecule has 0 radical (unpaired) electrons. The minimum Gasteiger partial charge on any atom is -0.495 e. The highest BCUT2D eigenvalue weighted by Gasteiger charge is 2.62. The molecule has 2 aliphatic heterocycles. The van der Waals surface area contributed by atoms with E-state index < -0.39 is 29.3 Å². The van der Waals surface area contributed by atoms with E-state index in [0.29, 0.717) is 28.8 Å². The van der Waals surface area contributed by atoms with Crippen LogP contribution in [0.4, 0.5) is 11.4 Å². The maximum Gasteiger partial charge on any atom is 0.335 e. The van der Waals surface area contributed by atoms with E-state index in [1.54, 1.807) is 12.1 Å². The summed E-state index contributed by atoms with van der Waals surface area (Å²) < 4.78 is 5.49. The Kier molecular flexibility index (Phi) is 9.61. The molecular formula is C39H39Cl2N3O6. The number of carboxylic acids is 2. The van der Waals surface area contributed by atoms with E-state index >= 15 is 0 Å². The first kappa shape index (κ1) is 35.3. The van der Waals surface area contributed by atoms with Gasteiger partial charge in [-0.05, 0) is 89.2 Å². The summed E-state index contributed by atoms with van der Waals surface area (Å²) in [6.45, 7) is 7.57. The first-order valence-electron chi connectivity index (χ1n) is 16.3. The molecule has 9 nitrogen and oxygen atoms in total. The number of halogens is 2. The van der Waals surface area contributed by atoms with Gasteiger partial charge in [0.2, 0.25) is 5.91 Å². The van der Waals surface area contributed by atoms with Crippen LogP contribution in [0.1, 0.15) is 70.5 Å². The van der Waals surface area contributed by atoms with Crippen LogP contribution in [0.5, 0.6) is 5.75 Å². The molecule has 0 aromatic heterocycles. The third-order valence-electron chi connectivity index (χ3n) is 9.73. The van der Waals surface area contributed by atoms with Crippen LogP contribution in [-0.4, -0.2) is 53.8 Å². The Balaban J connectivity index is 1.49. The molecule has 11 heteroatoms. The molecule has 0 bridgehead atoms. The van der Waals surface area contributed by atoms with E-state index in [4.69, 9.17) is 27.9 Å². The van der Waals surface area contributed by atoms with Crippen molar-refractivity contribution in [1.29, 1.82) is 0 Å². The molecule has 0 aliphatic carbocycles. The summed E-state index contributed by atoms with van der Waals surface area (Å²) in [5.41, 5.74) is 3.62. The number of nitrogens with one attached hydrogen (secondary N) is 2. The zero-order valence-corrected chi connectivity index (χ0v) is 29.7. The van der Waals surface area contributed by atoms with Gasteiger partial charge in [0, 0.05) is 46.2 Å². The second-order valence-electron chi connectivity index (χ2n) is 14.3. The summed E-state index contributed by atoms with van der Waals surface area (Å²) in [4.78, 5) is 40.1. The summed E-state index contributed by atoms with van der Waals surface area (Å²) >= 11 is 13.4. The second kappa shape index (κ2) is 13.6. The van der Waals surface area contributed by atoms with Crippen molar-refractivity contribution < 1.29 is 29.3 Å². The van der Waals surface area contributed by atoms with Gasteiger partial charge in [-0.1, -0.05) is 68.2 Å². The number of benzene rings is 4. The monoisotopic (exact) mass is 715 g/mol. The van der Waals surface area contributed by atoms with Crippen molar-refractivity contribution in [3.8, 4) is 5.75 Å². The smallest absolute Gasteiger partial charge is 0.335 e. The number of carboxylic acid groups (broad SMARTS) is 2. The van der Waals surface area contributed by atoms with Crippen molar-refractivity contribution in [2.75, 3.05) is 23.9 Å². The van der Waals surface area contributed by atoms with Gasteiger partial charge in [0.1, 0.15) is 5.75 Å². The average molecular weight is 717 g/mol. The standard InChI is InChI=1S/C39H39Cl2N3O6/c1-38(2,3)19-32-39(21-44(30-15-13-27(41)18-28(30)39)20-22-8-10-23(11-9-22)36(46)47)33(24-6-5-7-26(40)16-24)34(43-32)35(45)42-29-14-12-25(37(48)49)17-31(29)50-4/h5-18,32-34,43H,19-21H2,1-4H3,(H,42,45)(H,46,47)(H,48,49)/t32?,33-,34+,39-/m0/s1. The largest absolute Gasteiger partial charge is 0.495 e. The number of hydrogen-bond acceptors (Lipinski definition) is 6. The summed E-state index contributed by atoms with van der Waals surface area (Å²) in [5.74, 6) is -2.59. The molecular weight excluding hydrogens is 677 g/mol. The van der Waals surface area contributed by atoms with Crippen LogP contribution in [0.3, 0.4) is 0 Å². The molecule has 1 spiro atoms. The molecule has 2 aliphatic rings. The van der Waals surface area contributed by atoms with Crippen molar-refractivity contribution in [3.05, 3.63) is 123 Å². The predicted octanol–water partition coefficient (Wildman–Crippen LogP) is 7.86. The van der Waals surface area contributed by atoms with Crippen LogP contribution >= 0.6 is 23.2 Å². The summed E-state index contributed by atoms with van der Waals surface area (Å²) in [5, 5.41) is 26.9. The lowest BCUT2D eigenvalue weighted by molar-refractivity contribution is -0.118. The Morgan fingerprint density at radius 2 is 1.60 bits per heavy atom. The predicted molar refractivity (Wildman–Crippen MR) is 195 cm³/mol. The number of aromatic carboxylic acids is 2. The van der Waals surface area contributed by atoms with Crippen LogP contribution < -0.4 is 20.3 Å². The lowest BCUT2D eigenvalue weighted by Crippen LogP contribution is -2.48. The summed E-state index contributed by atoms with van der Waals surface area (Å²) in [6.07, 6.45) is 0.720. The fraction of sp³-hybridized carbons (Fsp3) is 0.308. The first-order valence-corrected chi connectivity index (χ1v) is 17.1. The Hall–Kier alpha value is -4.57. The zero-order valence-electron chi connectivity index (χ0n) is 28.2. The Morgan fingerprint density at radius 1 is 0.920 bits per heavy atom. The number of methoxy groups -OCH3 is 1. The van der Waals surface area contributed by atoms with Gasteiger partial charge in [-0.25, -0.2) is 9.59 Å². The van der Waals surface area contributed by atoms with Crippen molar-refractivity contribution in [1.82, 2.24) is 5.32 Å². The van der Waals surface area contributed by atoms with E-state index in [1.165, 1.54) is 25.3 Å². The maximum absolute atomic E-state index is 14.6. The van der Waals surface area contributed by atoms with Crippen molar-refractivity contribution in [3.63, 3.8) is 0 Å². The Morgan fingerprint density at radius 3 is 2.24 bits per heavy atom. The maximum atomic E-state index is 14.6. The molecule has 4 N–H and O–H groups in total. The normalized spacial score (nSPS) is 21.2. The minimum atomic E-state index is -1.10. The number of rotatable bonds is 9. The SMILES string of the molecule is COc1cc(C(=O)O)ccc1NC(=O)[C@@H]1NC(CC(C)(C)C)[C@@]2(CN(Cc3ccc(C(=O)O)cc3)c3ccc(Cl)cc32)[C@H]1c1cccc(Cl)c1. The topological polar surface area (TPSA) is 128 Å². The number of anilines is 2. The van der Waals surface area contributed by atoms with Crippen LogP contribution in [0.2, 0.25) is 10.0 Å². The lowest BCUT2D eigenvalue weighted by Gasteiger charge is -2.40. The molecule has 4 atom stereocenters. The fourth-order valence-electron chi connectivity index (χ4n) is 7.71. The van der Waals surface area contributed by atoms with Crippen LogP contribution in [-0.2, 0) is 16.8 Å². The average Bonchev–Trinajstić information content (AvgIpc) is 3.54. The highest BCUT2D eigenvalue weighted by Crippen LogP contribution is 2.58.